The van der Waals surface area contributed by atoms with Gasteiger partial charge in [-0.2, -0.15) is 0 Å². The van der Waals surface area contributed by atoms with Crippen LogP contribution in [0.1, 0.15) is 380 Å². The molecule has 0 aromatic carbocycles. The van der Waals surface area contributed by atoms with E-state index in [9.17, 15) is 19.8 Å². The fourth-order valence-corrected chi connectivity index (χ4v) is 10.7. The Labute approximate surface area is 457 Å². The normalized spacial score (nSPS) is 12.5. The first kappa shape index (κ1) is 71.6. The summed E-state index contributed by atoms with van der Waals surface area (Å²) in [5, 5.41) is 23.3. The molecule has 0 aromatic rings. The second kappa shape index (κ2) is 63.1. The van der Waals surface area contributed by atoms with Crippen molar-refractivity contribution < 1.29 is 24.5 Å². The third-order valence-corrected chi connectivity index (χ3v) is 15.8. The Morgan fingerprint density at radius 3 is 0.973 bits per heavy atom. The molecule has 0 bridgehead atoms. The molecular weight excluding hydrogens is 899 g/mol. The van der Waals surface area contributed by atoms with Crippen LogP contribution < -0.4 is 5.32 Å². The highest BCUT2D eigenvalue weighted by Gasteiger charge is 2.20. The summed E-state index contributed by atoms with van der Waals surface area (Å²) in [6.45, 7) is 4.99. The van der Waals surface area contributed by atoms with Gasteiger partial charge in [-0.3, -0.25) is 9.59 Å². The van der Waals surface area contributed by atoms with Gasteiger partial charge < -0.3 is 20.3 Å². The highest BCUT2D eigenvalue weighted by molar-refractivity contribution is 5.76. The van der Waals surface area contributed by atoms with Crippen molar-refractivity contribution in [2.45, 2.75) is 392 Å². The van der Waals surface area contributed by atoms with Gasteiger partial charge >= 0.3 is 5.97 Å². The van der Waals surface area contributed by atoms with Gasteiger partial charge in [0.2, 0.25) is 5.91 Å². The Bertz CT molecular complexity index is 1100. The second-order valence-electron chi connectivity index (χ2n) is 23.2. The van der Waals surface area contributed by atoms with Gasteiger partial charge in [-0.05, 0) is 51.4 Å². The first-order valence-corrected chi connectivity index (χ1v) is 33.4. The van der Waals surface area contributed by atoms with Gasteiger partial charge in [-0.25, -0.2) is 0 Å². The standard InChI is InChI=1S/C67H131NO5/c1-3-5-7-9-11-13-15-17-32-35-39-43-47-51-55-59-65(70)64(63-69)68-66(71)60-56-52-48-44-40-36-33-30-28-26-24-22-20-19-21-23-25-27-29-31-34-38-42-46-50-54-58-62-73-67(72)61-57-53-49-45-41-37-18-16-14-12-10-8-6-4-2/h19-20,64-65,69-70H,3-18,21-63H2,1-2H3,(H,68,71)/b20-19-. The van der Waals surface area contributed by atoms with Crippen LogP contribution in [0.4, 0.5) is 0 Å². The van der Waals surface area contributed by atoms with Crippen molar-refractivity contribution in [2.75, 3.05) is 13.2 Å². The van der Waals surface area contributed by atoms with Gasteiger partial charge in [0.1, 0.15) is 0 Å². The number of esters is 1. The Morgan fingerprint density at radius 2 is 0.644 bits per heavy atom. The van der Waals surface area contributed by atoms with Gasteiger partial charge in [-0.15, -0.1) is 0 Å². The number of hydrogen-bond donors (Lipinski definition) is 3. The molecule has 0 saturated carbocycles. The number of ether oxygens (including phenoxy) is 1. The maximum absolute atomic E-state index is 12.5. The molecule has 6 nitrogen and oxygen atoms in total. The molecule has 3 N–H and O–H groups in total. The molecule has 0 saturated heterocycles. The largest absolute Gasteiger partial charge is 0.466 e. The number of aliphatic hydroxyl groups is 2. The van der Waals surface area contributed by atoms with Crippen LogP contribution >= 0.6 is 0 Å². The lowest BCUT2D eigenvalue weighted by molar-refractivity contribution is -0.143. The third kappa shape index (κ3) is 59.7. The van der Waals surface area contributed by atoms with E-state index >= 15 is 0 Å². The molecule has 434 valence electrons. The number of rotatable bonds is 63. The van der Waals surface area contributed by atoms with Crippen LogP contribution in [-0.4, -0.2) is 47.4 Å². The monoisotopic (exact) mass is 1030 g/mol. The molecule has 0 aliphatic heterocycles. The molecule has 0 fully saturated rings. The SMILES string of the molecule is CCCCCCCCCCCCCCCCCC(O)C(CO)NC(=O)CCCCCCCCCCCCC/C=C\CCCCCCCCCCCCCCOC(=O)CCCCCCCCCCCCCCCC. The summed E-state index contributed by atoms with van der Waals surface area (Å²) in [6, 6.07) is -0.541. The van der Waals surface area contributed by atoms with E-state index in [4.69, 9.17) is 4.74 Å². The van der Waals surface area contributed by atoms with Crippen molar-refractivity contribution in [1.82, 2.24) is 5.32 Å². The zero-order chi connectivity index (χ0) is 52.9. The minimum atomic E-state index is -0.664. The first-order chi connectivity index (χ1) is 36.0. The average molecular weight is 1030 g/mol. The van der Waals surface area contributed by atoms with Gasteiger partial charge in [0.05, 0.1) is 25.4 Å². The van der Waals surface area contributed by atoms with E-state index in [2.05, 4.69) is 31.3 Å². The number of hydrogen-bond acceptors (Lipinski definition) is 5. The first-order valence-electron chi connectivity index (χ1n) is 33.4. The van der Waals surface area contributed by atoms with Crippen LogP contribution in [0.5, 0.6) is 0 Å². The van der Waals surface area contributed by atoms with Crippen LogP contribution in [0.25, 0.3) is 0 Å². The number of unbranched alkanes of at least 4 members (excludes halogenated alkanes) is 50. The van der Waals surface area contributed by atoms with Crippen molar-refractivity contribution in [3.8, 4) is 0 Å². The van der Waals surface area contributed by atoms with E-state index in [0.29, 0.717) is 25.9 Å². The zero-order valence-electron chi connectivity index (χ0n) is 49.6. The average Bonchev–Trinajstić information content (AvgIpc) is 3.39. The van der Waals surface area contributed by atoms with Crippen LogP contribution in [-0.2, 0) is 14.3 Å². The predicted octanol–water partition coefficient (Wildman–Crippen LogP) is 21.2. The van der Waals surface area contributed by atoms with Crippen LogP contribution in [0.15, 0.2) is 12.2 Å². The molecule has 0 aromatic heterocycles. The molecule has 0 aliphatic rings. The molecule has 0 radical (unpaired) electrons. The Hall–Kier alpha value is -1.40. The topological polar surface area (TPSA) is 95.9 Å². The summed E-state index contributed by atoms with van der Waals surface area (Å²) >= 11 is 0. The number of carbonyl (C=O) groups excluding carboxylic acids is 2. The van der Waals surface area contributed by atoms with E-state index in [-0.39, 0.29) is 18.5 Å². The Kier molecular flexibility index (Phi) is 61.9. The highest BCUT2D eigenvalue weighted by Crippen LogP contribution is 2.18. The number of carbonyl (C=O) groups is 2. The molecule has 0 heterocycles. The van der Waals surface area contributed by atoms with Gasteiger partial charge in [0.25, 0.3) is 0 Å². The summed E-state index contributed by atoms with van der Waals surface area (Å²) in [7, 11) is 0. The lowest BCUT2D eigenvalue weighted by Gasteiger charge is -2.22. The maximum atomic E-state index is 12.5. The minimum Gasteiger partial charge on any atom is -0.466 e. The Balaban J connectivity index is 3.36. The summed E-state index contributed by atoms with van der Waals surface area (Å²) in [5.74, 6) is -0.0147. The number of allylic oxidation sites excluding steroid dienone is 2. The van der Waals surface area contributed by atoms with Crippen molar-refractivity contribution in [3.63, 3.8) is 0 Å². The molecule has 0 spiro atoms. The second-order valence-corrected chi connectivity index (χ2v) is 23.2. The Morgan fingerprint density at radius 1 is 0.370 bits per heavy atom. The highest BCUT2D eigenvalue weighted by atomic mass is 16.5. The number of amides is 1. The third-order valence-electron chi connectivity index (χ3n) is 15.8. The number of nitrogens with one attached hydrogen (secondary N) is 1. The van der Waals surface area contributed by atoms with Gasteiger partial charge in [0, 0.05) is 12.8 Å². The molecule has 2 atom stereocenters. The molecule has 6 heteroatoms. The van der Waals surface area contributed by atoms with Crippen molar-refractivity contribution in [1.29, 1.82) is 0 Å². The predicted molar refractivity (Wildman–Crippen MR) is 320 cm³/mol. The number of aliphatic hydroxyl groups excluding tert-OH is 2. The van der Waals surface area contributed by atoms with Crippen molar-refractivity contribution in [2.24, 2.45) is 0 Å². The lowest BCUT2D eigenvalue weighted by atomic mass is 10.0. The van der Waals surface area contributed by atoms with Gasteiger partial charge in [0.15, 0.2) is 0 Å². The van der Waals surface area contributed by atoms with Crippen LogP contribution in [0.2, 0.25) is 0 Å². The van der Waals surface area contributed by atoms with Crippen molar-refractivity contribution in [3.05, 3.63) is 12.2 Å². The quantitative estimate of drug-likeness (QED) is 0.0320. The van der Waals surface area contributed by atoms with E-state index in [1.54, 1.807) is 0 Å². The van der Waals surface area contributed by atoms with Gasteiger partial charge in [-0.1, -0.05) is 328 Å². The smallest absolute Gasteiger partial charge is 0.305 e. The minimum absolute atomic E-state index is 0.0182. The fourth-order valence-electron chi connectivity index (χ4n) is 10.7. The summed E-state index contributed by atoms with van der Waals surface area (Å²) in [5.41, 5.74) is 0. The molecule has 73 heavy (non-hydrogen) atoms. The summed E-state index contributed by atoms with van der Waals surface area (Å²) < 4.78 is 5.49. The van der Waals surface area contributed by atoms with Crippen LogP contribution in [0, 0.1) is 0 Å². The summed E-state index contributed by atoms with van der Waals surface area (Å²) in [6.07, 6.45) is 76.7. The molecule has 0 rings (SSSR count). The zero-order valence-corrected chi connectivity index (χ0v) is 49.6. The molecule has 2 unspecified atom stereocenters. The van der Waals surface area contributed by atoms with Crippen molar-refractivity contribution >= 4 is 11.9 Å². The maximum Gasteiger partial charge on any atom is 0.305 e. The van der Waals surface area contributed by atoms with E-state index < -0.39 is 12.1 Å². The molecule has 1 amide bonds. The van der Waals surface area contributed by atoms with E-state index in [1.807, 2.05) is 0 Å². The van der Waals surface area contributed by atoms with E-state index in [1.165, 1.54) is 308 Å². The molecule has 0 aliphatic carbocycles. The molecular formula is C67H131NO5. The lowest BCUT2D eigenvalue weighted by Crippen LogP contribution is -2.45. The fraction of sp³-hybridized carbons (Fsp3) is 0.940. The van der Waals surface area contributed by atoms with Crippen LogP contribution in [0.3, 0.4) is 0 Å². The van der Waals surface area contributed by atoms with E-state index in [0.717, 1.165) is 38.5 Å². The summed E-state index contributed by atoms with van der Waals surface area (Å²) in [4.78, 5) is 24.6.